The highest BCUT2D eigenvalue weighted by molar-refractivity contribution is 5.79. The zero-order valence-electron chi connectivity index (χ0n) is 21.4. The number of aryl methyl sites for hydroxylation is 1. The van der Waals surface area contributed by atoms with Crippen molar-refractivity contribution < 1.29 is 14.3 Å². The van der Waals surface area contributed by atoms with Gasteiger partial charge in [-0.15, -0.1) is 0 Å². The zero-order chi connectivity index (χ0) is 25.2. The number of carbonyl (C=O) groups is 1. The summed E-state index contributed by atoms with van der Waals surface area (Å²) in [7, 11) is 5.07. The van der Waals surface area contributed by atoms with Crippen LogP contribution in [0.15, 0.2) is 41.3 Å². The Labute approximate surface area is 211 Å². The fraction of sp³-hybridized carbons (Fsp3) is 0.519. The number of rotatable bonds is 6. The van der Waals surface area contributed by atoms with E-state index in [-0.39, 0.29) is 17.5 Å². The summed E-state index contributed by atoms with van der Waals surface area (Å²) in [5.74, 6) is 2.11. The van der Waals surface area contributed by atoms with Crippen LogP contribution >= 0.6 is 0 Å². The molecule has 1 aliphatic carbocycles. The number of anilines is 1. The number of fused-ring (bicyclic) bond motifs is 1. The summed E-state index contributed by atoms with van der Waals surface area (Å²) >= 11 is 0. The molecule has 5 rings (SSSR count). The average molecular weight is 494 g/mol. The Bertz CT molecular complexity index is 1280. The number of nitrogens with zero attached hydrogens (tertiary/aromatic N) is 5. The van der Waals surface area contributed by atoms with Crippen molar-refractivity contribution >= 4 is 22.6 Å². The molecule has 1 saturated carbocycles. The number of amides is 1. The molecule has 0 atom stereocenters. The molecule has 1 aromatic carbocycles. The summed E-state index contributed by atoms with van der Waals surface area (Å²) in [6, 6.07) is 9.69. The first kappa shape index (κ1) is 24.2. The van der Waals surface area contributed by atoms with Crippen molar-refractivity contribution in [2.75, 3.05) is 45.3 Å². The van der Waals surface area contributed by atoms with Gasteiger partial charge in [0.15, 0.2) is 0 Å². The first-order valence-electron chi connectivity index (χ1n) is 12.8. The monoisotopic (exact) mass is 493 g/mol. The van der Waals surface area contributed by atoms with Crippen molar-refractivity contribution in [1.82, 2.24) is 19.0 Å². The minimum Gasteiger partial charge on any atom is -0.497 e. The number of carbonyl (C=O) groups excluding carboxylic acids is 1. The molecule has 0 unspecified atom stereocenters. The Hall–Kier alpha value is -3.49. The van der Waals surface area contributed by atoms with Crippen molar-refractivity contribution in [2.24, 2.45) is 18.9 Å². The number of pyridine rings is 1. The SMILES string of the molecule is COc1ccc2c(c1)n(CC1CCC(C(=O)N3CCN(c4ccnc(OC)c4)CC3)CC1)c(=O)n2C. The first-order chi connectivity index (χ1) is 17.5. The normalized spacial score (nSPS) is 20.5. The third kappa shape index (κ3) is 4.66. The minimum absolute atomic E-state index is 0.00106. The fourth-order valence-electron chi connectivity index (χ4n) is 5.69. The number of hydrogen-bond acceptors (Lipinski definition) is 6. The molecule has 0 radical (unpaired) electrons. The van der Waals surface area contributed by atoms with Crippen LogP contribution in [-0.2, 0) is 18.4 Å². The molecule has 1 saturated heterocycles. The van der Waals surface area contributed by atoms with Gasteiger partial charge in [-0.3, -0.25) is 13.9 Å². The summed E-state index contributed by atoms with van der Waals surface area (Å²) in [5.41, 5.74) is 2.90. The second-order valence-electron chi connectivity index (χ2n) is 9.89. The predicted molar refractivity (Wildman–Crippen MR) is 139 cm³/mol. The minimum atomic E-state index is 0.00106. The highest BCUT2D eigenvalue weighted by atomic mass is 16.5. The maximum absolute atomic E-state index is 13.3. The molecule has 1 aliphatic heterocycles. The molecule has 3 heterocycles. The van der Waals surface area contributed by atoms with E-state index >= 15 is 0 Å². The van der Waals surface area contributed by atoms with Gasteiger partial charge in [-0.1, -0.05) is 0 Å². The summed E-state index contributed by atoms with van der Waals surface area (Å²) in [5, 5.41) is 0. The van der Waals surface area contributed by atoms with E-state index in [1.165, 1.54) is 0 Å². The van der Waals surface area contributed by atoms with Crippen LogP contribution in [0.1, 0.15) is 25.7 Å². The van der Waals surface area contributed by atoms with Gasteiger partial charge in [-0.25, -0.2) is 9.78 Å². The lowest BCUT2D eigenvalue weighted by molar-refractivity contribution is -0.137. The van der Waals surface area contributed by atoms with Crippen LogP contribution in [0, 0.1) is 11.8 Å². The van der Waals surface area contributed by atoms with Crippen LogP contribution in [0.4, 0.5) is 5.69 Å². The van der Waals surface area contributed by atoms with Gasteiger partial charge >= 0.3 is 5.69 Å². The van der Waals surface area contributed by atoms with E-state index in [0.29, 0.717) is 18.3 Å². The highest BCUT2D eigenvalue weighted by Crippen LogP contribution is 2.32. The van der Waals surface area contributed by atoms with Gasteiger partial charge in [0, 0.05) is 69.7 Å². The largest absolute Gasteiger partial charge is 0.497 e. The van der Waals surface area contributed by atoms with E-state index in [0.717, 1.165) is 74.3 Å². The average Bonchev–Trinajstić information content (AvgIpc) is 3.17. The van der Waals surface area contributed by atoms with Gasteiger partial charge in [0.2, 0.25) is 11.8 Å². The number of hydrogen-bond donors (Lipinski definition) is 0. The summed E-state index contributed by atoms with van der Waals surface area (Å²) in [6.45, 7) is 3.76. The van der Waals surface area contributed by atoms with Crippen molar-refractivity contribution in [3.63, 3.8) is 0 Å². The number of aromatic nitrogens is 3. The van der Waals surface area contributed by atoms with Gasteiger partial charge < -0.3 is 19.3 Å². The molecule has 192 valence electrons. The highest BCUT2D eigenvalue weighted by Gasteiger charge is 2.32. The van der Waals surface area contributed by atoms with E-state index in [4.69, 9.17) is 9.47 Å². The Morgan fingerprint density at radius 1 is 0.972 bits per heavy atom. The van der Waals surface area contributed by atoms with E-state index in [1.807, 2.05) is 46.8 Å². The first-order valence-corrected chi connectivity index (χ1v) is 12.8. The molecular formula is C27H35N5O4. The zero-order valence-corrected chi connectivity index (χ0v) is 21.4. The maximum atomic E-state index is 13.3. The molecule has 9 heteroatoms. The Morgan fingerprint density at radius 2 is 1.72 bits per heavy atom. The summed E-state index contributed by atoms with van der Waals surface area (Å²) in [6.07, 6.45) is 5.44. The van der Waals surface area contributed by atoms with Gasteiger partial charge in [0.05, 0.1) is 25.3 Å². The Morgan fingerprint density at radius 3 is 2.42 bits per heavy atom. The molecule has 2 aromatic heterocycles. The van der Waals surface area contributed by atoms with E-state index < -0.39 is 0 Å². The molecule has 9 nitrogen and oxygen atoms in total. The molecule has 36 heavy (non-hydrogen) atoms. The second kappa shape index (κ2) is 10.2. The summed E-state index contributed by atoms with van der Waals surface area (Å²) < 4.78 is 14.2. The number of methoxy groups -OCH3 is 2. The molecule has 3 aromatic rings. The van der Waals surface area contributed by atoms with Gasteiger partial charge in [0.1, 0.15) is 5.75 Å². The van der Waals surface area contributed by atoms with Crippen LogP contribution in [0.25, 0.3) is 11.0 Å². The van der Waals surface area contributed by atoms with Crippen LogP contribution in [0.3, 0.4) is 0 Å². The Kier molecular flexibility index (Phi) is 6.89. The molecule has 1 amide bonds. The number of benzene rings is 1. The van der Waals surface area contributed by atoms with Crippen molar-refractivity contribution in [1.29, 1.82) is 0 Å². The topological polar surface area (TPSA) is 81.8 Å². The maximum Gasteiger partial charge on any atom is 0.328 e. The van der Waals surface area contributed by atoms with Crippen LogP contribution in [0.5, 0.6) is 11.6 Å². The van der Waals surface area contributed by atoms with Crippen LogP contribution < -0.4 is 20.1 Å². The van der Waals surface area contributed by atoms with E-state index in [9.17, 15) is 9.59 Å². The molecule has 2 aliphatic rings. The molecular weight excluding hydrogens is 458 g/mol. The second-order valence-corrected chi connectivity index (χ2v) is 9.89. The predicted octanol–water partition coefficient (Wildman–Crippen LogP) is 2.91. The molecule has 0 N–H and O–H groups in total. The third-order valence-corrected chi connectivity index (χ3v) is 7.87. The quantitative estimate of drug-likeness (QED) is 0.525. The molecule has 0 bridgehead atoms. The summed E-state index contributed by atoms with van der Waals surface area (Å²) in [4.78, 5) is 34.7. The van der Waals surface area contributed by atoms with Gasteiger partial charge in [-0.2, -0.15) is 0 Å². The van der Waals surface area contributed by atoms with Crippen molar-refractivity contribution in [3.05, 3.63) is 47.0 Å². The van der Waals surface area contributed by atoms with E-state index in [1.54, 1.807) is 25.0 Å². The van der Waals surface area contributed by atoms with E-state index in [2.05, 4.69) is 9.88 Å². The standard InChI is InChI=1S/C27H35N5O4/c1-29-23-9-8-22(35-2)17-24(23)32(27(29)34)18-19-4-6-20(7-5-19)26(33)31-14-12-30(13-15-31)21-10-11-28-25(16-21)36-3/h8-11,16-17,19-20H,4-7,12-15,18H2,1-3H3. The number of piperazine rings is 1. The lowest BCUT2D eigenvalue weighted by Gasteiger charge is -2.38. The lowest BCUT2D eigenvalue weighted by Crippen LogP contribution is -2.50. The smallest absolute Gasteiger partial charge is 0.328 e. The Balaban J connectivity index is 1.17. The van der Waals surface area contributed by atoms with Gasteiger partial charge in [0.25, 0.3) is 0 Å². The van der Waals surface area contributed by atoms with Gasteiger partial charge in [-0.05, 0) is 49.8 Å². The van der Waals surface area contributed by atoms with Crippen LogP contribution in [0.2, 0.25) is 0 Å². The lowest BCUT2D eigenvalue weighted by atomic mass is 9.81. The van der Waals surface area contributed by atoms with Crippen molar-refractivity contribution in [2.45, 2.75) is 32.2 Å². The number of ether oxygens (including phenoxy) is 2. The molecule has 0 spiro atoms. The van der Waals surface area contributed by atoms with Crippen LogP contribution in [-0.4, -0.2) is 65.3 Å². The fourth-order valence-corrected chi connectivity index (χ4v) is 5.69. The number of imidazole rings is 1. The molecule has 2 fully saturated rings. The third-order valence-electron chi connectivity index (χ3n) is 7.87. The van der Waals surface area contributed by atoms with Crippen molar-refractivity contribution in [3.8, 4) is 11.6 Å².